The normalized spacial score (nSPS) is 16.9. The molecule has 0 aromatic heterocycles. The molecule has 0 amide bonds. The van der Waals surface area contributed by atoms with Crippen LogP contribution in [0.5, 0.6) is 0 Å². The van der Waals surface area contributed by atoms with Crippen molar-refractivity contribution in [1.82, 2.24) is 0 Å². The van der Waals surface area contributed by atoms with Crippen LogP contribution in [0.25, 0.3) is 0 Å². The molecule has 12 heteroatoms. The van der Waals surface area contributed by atoms with Gasteiger partial charge in [0.25, 0.3) is 0 Å². The van der Waals surface area contributed by atoms with Crippen molar-refractivity contribution in [2.24, 2.45) is 0 Å². The van der Waals surface area contributed by atoms with Crippen molar-refractivity contribution in [3.8, 4) is 0 Å². The van der Waals surface area contributed by atoms with Crippen LogP contribution in [0.4, 0.5) is 0 Å². The molecule has 1 saturated carbocycles. The summed E-state index contributed by atoms with van der Waals surface area (Å²) in [5.74, 6) is -3.71. The van der Waals surface area contributed by atoms with Gasteiger partial charge in [0, 0.05) is 19.3 Å². The average molecular weight is 1340 g/mol. The highest BCUT2D eigenvalue weighted by Gasteiger charge is 2.59. The molecule has 550 valence electrons. The Morgan fingerprint density at radius 2 is 0.438 bits per heavy atom. The zero-order chi connectivity index (χ0) is 68.8. The van der Waals surface area contributed by atoms with Crippen LogP contribution in [0.3, 0.4) is 0 Å². The molecular formula is C84H142O12. The Balaban J connectivity index is 1.81. The molecule has 0 unspecified atom stereocenters. The highest BCUT2D eigenvalue weighted by Crippen LogP contribution is 2.37. The lowest BCUT2D eigenvalue weighted by molar-refractivity contribution is -0.270. The molecule has 6 atom stereocenters. The van der Waals surface area contributed by atoms with Crippen LogP contribution >= 0.6 is 0 Å². The summed E-state index contributed by atoms with van der Waals surface area (Å²) < 4.78 is 39.5. The fourth-order valence-electron chi connectivity index (χ4n) is 13.6. The Morgan fingerprint density at radius 1 is 0.250 bits per heavy atom. The van der Waals surface area contributed by atoms with E-state index in [0.29, 0.717) is 19.3 Å². The maximum Gasteiger partial charge on any atom is 0.306 e. The van der Waals surface area contributed by atoms with E-state index in [0.717, 1.165) is 81.8 Å². The predicted molar refractivity (Wildman–Crippen MR) is 393 cm³/mol. The maximum absolute atomic E-state index is 14.5. The zero-order valence-electron chi connectivity index (χ0n) is 61.7. The van der Waals surface area contributed by atoms with Crippen LogP contribution in [-0.4, -0.2) is 71.6 Å². The third-order valence-corrected chi connectivity index (χ3v) is 19.6. The molecule has 2 aromatic carbocycles. The van der Waals surface area contributed by atoms with Crippen molar-refractivity contribution in [1.29, 1.82) is 0 Å². The van der Waals surface area contributed by atoms with Gasteiger partial charge in [0.15, 0.2) is 24.4 Å². The first kappa shape index (κ1) is 85.9. The second-order valence-electron chi connectivity index (χ2n) is 28.5. The van der Waals surface area contributed by atoms with E-state index < -0.39 is 79.3 Å². The van der Waals surface area contributed by atoms with E-state index in [-0.39, 0.29) is 32.5 Å². The number of aliphatic carboxylic acids is 1. The van der Waals surface area contributed by atoms with E-state index in [2.05, 4.69) is 20.8 Å². The summed E-state index contributed by atoms with van der Waals surface area (Å²) >= 11 is 0. The van der Waals surface area contributed by atoms with Crippen LogP contribution < -0.4 is 0 Å². The molecule has 1 aliphatic rings. The molecule has 12 nitrogen and oxygen atoms in total. The van der Waals surface area contributed by atoms with Gasteiger partial charge in [-0.25, -0.2) is 0 Å². The van der Waals surface area contributed by atoms with Crippen molar-refractivity contribution in [2.75, 3.05) is 0 Å². The number of esters is 4. The van der Waals surface area contributed by atoms with E-state index >= 15 is 0 Å². The van der Waals surface area contributed by atoms with E-state index in [1.807, 2.05) is 60.7 Å². The van der Waals surface area contributed by atoms with Crippen molar-refractivity contribution >= 4 is 29.8 Å². The second kappa shape index (κ2) is 61.8. The summed E-state index contributed by atoms with van der Waals surface area (Å²) in [5, 5.41) is 9.70. The minimum absolute atomic E-state index is 0.00346. The number of hydrogen-bond donors (Lipinski definition) is 1. The van der Waals surface area contributed by atoms with Gasteiger partial charge in [0.1, 0.15) is 12.2 Å². The summed E-state index contributed by atoms with van der Waals surface area (Å²) in [5.41, 5.74) is 1.59. The fraction of sp³-hybridized carbons (Fsp3) is 0.798. The van der Waals surface area contributed by atoms with Crippen LogP contribution in [0.2, 0.25) is 0 Å². The molecule has 3 rings (SSSR count). The Kier molecular flexibility index (Phi) is 55.3. The fourth-order valence-corrected chi connectivity index (χ4v) is 13.6. The average Bonchev–Trinajstić information content (AvgIpc) is 0.779. The van der Waals surface area contributed by atoms with Gasteiger partial charge in [0.2, 0.25) is 0 Å². The number of rotatable bonds is 67. The molecule has 96 heavy (non-hydrogen) atoms. The monoisotopic (exact) mass is 1340 g/mol. The van der Waals surface area contributed by atoms with E-state index in [9.17, 15) is 29.1 Å². The summed E-state index contributed by atoms with van der Waals surface area (Å²) in [6, 6.07) is 19.0. The van der Waals surface area contributed by atoms with Gasteiger partial charge in [0.05, 0.1) is 26.1 Å². The number of ether oxygens (including phenoxy) is 6. The Morgan fingerprint density at radius 3 is 0.646 bits per heavy atom. The summed E-state index contributed by atoms with van der Waals surface area (Å²) in [6.07, 6.45) is 52.6. The van der Waals surface area contributed by atoms with Crippen molar-refractivity contribution in [2.45, 2.75) is 430 Å². The first-order chi connectivity index (χ1) is 47.2. The van der Waals surface area contributed by atoms with Gasteiger partial charge < -0.3 is 33.5 Å². The van der Waals surface area contributed by atoms with Gasteiger partial charge in [-0.05, 0) is 30.4 Å². The van der Waals surface area contributed by atoms with Gasteiger partial charge >= 0.3 is 29.8 Å². The maximum atomic E-state index is 14.5. The molecule has 0 radical (unpaired) electrons. The number of carbonyl (C=O) groups is 5. The topological polar surface area (TPSA) is 161 Å². The SMILES string of the molecule is CCCCCCCCCCCCCCCCCCCC(=O)O[C@@H]1[C@@H](OC(=O)CCCCCCCCCCCCCCCCCCC)[C@@H](OC(=O)CCC(=O)O)[C@@H](OCc2ccccc2)[C@H](OCc2ccccc2)[C@H]1OC(=O)CCCCCCCCCCCCCCCCCCC. The lowest BCUT2D eigenvalue weighted by Gasteiger charge is -2.48. The van der Waals surface area contributed by atoms with Crippen molar-refractivity contribution in [3.63, 3.8) is 0 Å². The summed E-state index contributed by atoms with van der Waals surface area (Å²) in [6.45, 7) is 6.83. The van der Waals surface area contributed by atoms with Crippen molar-refractivity contribution in [3.05, 3.63) is 71.8 Å². The summed E-state index contributed by atoms with van der Waals surface area (Å²) in [7, 11) is 0. The molecule has 0 bridgehead atoms. The summed E-state index contributed by atoms with van der Waals surface area (Å²) in [4.78, 5) is 69.2. The highest BCUT2D eigenvalue weighted by molar-refractivity contribution is 5.77. The number of benzene rings is 2. The van der Waals surface area contributed by atoms with Crippen LogP contribution in [0, 0.1) is 0 Å². The van der Waals surface area contributed by atoms with Gasteiger partial charge in [-0.1, -0.05) is 390 Å². The largest absolute Gasteiger partial charge is 0.481 e. The quantitative estimate of drug-likeness (QED) is 0.0380. The Hall–Kier alpha value is -4.29. The van der Waals surface area contributed by atoms with Gasteiger partial charge in [-0.15, -0.1) is 0 Å². The van der Waals surface area contributed by atoms with Gasteiger partial charge in [-0.2, -0.15) is 0 Å². The van der Waals surface area contributed by atoms with E-state index in [4.69, 9.17) is 28.4 Å². The first-order valence-electron chi connectivity index (χ1n) is 40.5. The lowest BCUT2D eigenvalue weighted by atomic mass is 9.83. The molecular weight excluding hydrogens is 1200 g/mol. The molecule has 0 spiro atoms. The van der Waals surface area contributed by atoms with Crippen LogP contribution in [-0.2, 0) is 65.6 Å². The molecule has 2 aromatic rings. The minimum atomic E-state index is -1.51. The second-order valence-corrected chi connectivity index (χ2v) is 28.5. The lowest BCUT2D eigenvalue weighted by Crippen LogP contribution is -2.68. The third-order valence-electron chi connectivity index (χ3n) is 19.6. The molecule has 0 aliphatic heterocycles. The standard InChI is InChI=1S/C84H142O12/c1-4-7-10-13-16-19-22-25-28-31-34-37-40-43-46-49-58-65-75(87)93-81-79(91-70-72-61-54-52-55-62-72)80(92-71-73-63-56-53-57-64-73)82(96-78(90)69-68-74(85)86)84(95-77(89)67-60-51-48-45-42-39-36-33-30-27-24-21-18-15-12-9-6-3)83(81)94-76(88)66-59-50-47-44-41-38-35-32-29-26-23-20-17-14-11-8-5-2/h52-57,61-64,79-84H,4-51,58-60,65-71H2,1-3H3,(H,85,86)/t79-,80-,81+,82-,83-,84-/m0/s1. The van der Waals surface area contributed by atoms with Crippen molar-refractivity contribution < 1.29 is 57.5 Å². The molecule has 1 aliphatic carbocycles. The first-order valence-corrected chi connectivity index (χ1v) is 40.5. The van der Waals surface area contributed by atoms with Crippen LogP contribution in [0.15, 0.2) is 60.7 Å². The van der Waals surface area contributed by atoms with Crippen LogP contribution in [0.1, 0.15) is 391 Å². The molecule has 0 saturated heterocycles. The third kappa shape index (κ3) is 46.1. The molecule has 0 heterocycles. The van der Waals surface area contributed by atoms with E-state index in [1.165, 1.54) is 238 Å². The number of carboxylic acids is 1. The van der Waals surface area contributed by atoms with Gasteiger partial charge in [-0.3, -0.25) is 24.0 Å². The molecule has 1 fully saturated rings. The number of carbonyl (C=O) groups excluding carboxylic acids is 4. The van der Waals surface area contributed by atoms with E-state index in [1.54, 1.807) is 0 Å². The molecule has 1 N–H and O–H groups in total. The number of hydrogen-bond acceptors (Lipinski definition) is 11. The minimum Gasteiger partial charge on any atom is -0.481 e. The highest BCUT2D eigenvalue weighted by atomic mass is 16.7. The Bertz CT molecular complexity index is 2130. The number of carboxylic acid groups (broad SMARTS) is 1. The Labute approximate surface area is 586 Å². The number of unbranched alkanes of at least 4 members (excludes halogenated alkanes) is 48. The predicted octanol–water partition coefficient (Wildman–Crippen LogP) is 23.8. The smallest absolute Gasteiger partial charge is 0.306 e. The zero-order valence-corrected chi connectivity index (χ0v) is 61.7.